The van der Waals surface area contributed by atoms with Gasteiger partial charge >= 0.3 is 6.03 Å². The minimum atomic E-state index is -0.846. The first kappa shape index (κ1) is 30.6. The van der Waals surface area contributed by atoms with E-state index in [4.69, 9.17) is 12.2 Å². The normalized spacial score (nSPS) is 17.9. The smallest absolute Gasteiger partial charge is 0.333 e. The minimum absolute atomic E-state index is 0.0700. The summed E-state index contributed by atoms with van der Waals surface area (Å²) in [5, 5.41) is 8.98. The number of nitrogens with two attached hydrogens (primary N) is 1. The molecule has 2 aliphatic heterocycles. The van der Waals surface area contributed by atoms with Crippen LogP contribution in [0.2, 0.25) is 0 Å². The number of amides is 5. The molecule has 4 aromatic rings. The Morgan fingerprint density at radius 1 is 1.09 bits per heavy atom. The van der Waals surface area contributed by atoms with Crippen LogP contribution in [0.1, 0.15) is 16.7 Å². The second kappa shape index (κ2) is 13.3. The highest BCUT2D eigenvalue weighted by atomic mass is 32.1. The van der Waals surface area contributed by atoms with Crippen LogP contribution in [0.3, 0.4) is 0 Å². The molecular formula is C33H32N8O4S. The molecule has 13 heteroatoms. The Balaban J connectivity index is 1.31. The minimum Gasteiger partial charge on any atom is -0.375 e. The van der Waals surface area contributed by atoms with Crippen molar-refractivity contribution in [2.75, 3.05) is 30.7 Å². The molecule has 0 unspecified atom stereocenters. The van der Waals surface area contributed by atoms with Gasteiger partial charge in [0.25, 0.3) is 0 Å². The number of nitrogens with zero attached hydrogens (tertiary/aromatic N) is 5. The standard InChI is InChI=1S/C33H32N8O4S/c1-2-15-39(33(45)35-17-23-7-4-3-5-8-23)40-20-29(43)41-26(16-22-11-13-25(14-12-22)36-21-42)31(44)38(19-28(40)41)18-24-9-6-10-27-30(24)37-32(34)46-27/h1,3-14,21,26,28H,15-20H2,(H2,34,37)(H,35,45)(H,36,42)/t26-,28+/m0/s1. The summed E-state index contributed by atoms with van der Waals surface area (Å²) in [5.74, 6) is 2.04. The van der Waals surface area contributed by atoms with E-state index >= 15 is 0 Å². The van der Waals surface area contributed by atoms with E-state index in [1.807, 2.05) is 60.7 Å². The van der Waals surface area contributed by atoms with Gasteiger partial charge in [-0.2, -0.15) is 5.01 Å². The number of anilines is 2. The summed E-state index contributed by atoms with van der Waals surface area (Å²) >= 11 is 1.37. The Morgan fingerprint density at radius 2 is 1.87 bits per heavy atom. The van der Waals surface area contributed by atoms with Gasteiger partial charge < -0.3 is 26.2 Å². The number of para-hydroxylation sites is 1. The van der Waals surface area contributed by atoms with Gasteiger partial charge in [0, 0.05) is 25.2 Å². The number of hydrogen-bond acceptors (Lipinski definition) is 8. The number of hydrogen-bond donors (Lipinski definition) is 3. The summed E-state index contributed by atoms with van der Waals surface area (Å²) in [6.07, 6.45) is 5.88. The van der Waals surface area contributed by atoms with E-state index in [0.29, 0.717) is 17.2 Å². The molecule has 0 bridgehead atoms. The van der Waals surface area contributed by atoms with Crippen LogP contribution in [0.15, 0.2) is 72.8 Å². The van der Waals surface area contributed by atoms with Crippen molar-refractivity contribution < 1.29 is 19.2 Å². The van der Waals surface area contributed by atoms with Crippen LogP contribution in [0, 0.1) is 12.3 Å². The Labute approximate surface area is 269 Å². The number of terminal acetylenes is 1. The number of nitrogens with one attached hydrogen (secondary N) is 2. The zero-order valence-corrected chi connectivity index (χ0v) is 25.7. The van der Waals surface area contributed by atoms with Crippen LogP contribution >= 0.6 is 11.3 Å². The van der Waals surface area contributed by atoms with Crippen molar-refractivity contribution in [2.24, 2.45) is 0 Å². The summed E-state index contributed by atoms with van der Waals surface area (Å²) in [6.45, 7) is 0.467. The molecule has 0 saturated carbocycles. The molecule has 3 aromatic carbocycles. The van der Waals surface area contributed by atoms with Crippen LogP contribution in [0.25, 0.3) is 10.2 Å². The lowest BCUT2D eigenvalue weighted by atomic mass is 9.99. The number of nitrogen functional groups attached to an aromatic ring is 1. The molecule has 2 atom stereocenters. The van der Waals surface area contributed by atoms with Crippen LogP contribution in [-0.2, 0) is 33.9 Å². The number of rotatable bonds is 10. The summed E-state index contributed by atoms with van der Waals surface area (Å²) in [7, 11) is 0. The molecule has 3 heterocycles. The average molecular weight is 637 g/mol. The lowest BCUT2D eigenvalue weighted by Gasteiger charge is -2.46. The fourth-order valence-electron chi connectivity index (χ4n) is 6.01. The van der Waals surface area contributed by atoms with Crippen LogP contribution in [-0.4, -0.2) is 80.9 Å². The summed E-state index contributed by atoms with van der Waals surface area (Å²) in [6, 6.07) is 21.0. The number of hydrazine groups is 1. The topological polar surface area (TPSA) is 144 Å². The van der Waals surface area contributed by atoms with Gasteiger partial charge in [-0.05, 0) is 34.9 Å². The number of carbonyl (C=O) groups is 4. The Hall–Kier alpha value is -5.45. The fraction of sp³-hybridized carbons (Fsp3) is 0.242. The Morgan fingerprint density at radius 3 is 2.61 bits per heavy atom. The molecule has 0 spiro atoms. The van der Waals surface area contributed by atoms with Crippen molar-refractivity contribution in [3.63, 3.8) is 0 Å². The van der Waals surface area contributed by atoms with Gasteiger partial charge in [-0.25, -0.2) is 14.8 Å². The molecule has 234 valence electrons. The van der Waals surface area contributed by atoms with E-state index in [-0.39, 0.29) is 51.0 Å². The van der Waals surface area contributed by atoms with Crippen LogP contribution < -0.4 is 16.4 Å². The molecule has 6 rings (SSSR count). The number of fused-ring (bicyclic) bond motifs is 2. The van der Waals surface area contributed by atoms with Gasteiger partial charge in [-0.15, -0.1) is 6.42 Å². The van der Waals surface area contributed by atoms with Gasteiger partial charge in [0.15, 0.2) is 5.13 Å². The first-order chi connectivity index (χ1) is 22.4. The average Bonchev–Trinajstić information content (AvgIpc) is 3.61. The molecule has 0 radical (unpaired) electrons. The predicted molar refractivity (Wildman–Crippen MR) is 175 cm³/mol. The van der Waals surface area contributed by atoms with Crippen molar-refractivity contribution >= 4 is 56.6 Å². The highest BCUT2D eigenvalue weighted by Gasteiger charge is 2.52. The largest absolute Gasteiger partial charge is 0.375 e. The van der Waals surface area contributed by atoms with E-state index in [0.717, 1.165) is 26.9 Å². The molecule has 4 N–H and O–H groups in total. The van der Waals surface area contributed by atoms with Gasteiger partial charge in [0.2, 0.25) is 18.2 Å². The van der Waals surface area contributed by atoms with Gasteiger partial charge in [0.05, 0.1) is 29.9 Å². The maximum absolute atomic E-state index is 14.2. The van der Waals surface area contributed by atoms with Gasteiger partial charge in [0.1, 0.15) is 12.2 Å². The van der Waals surface area contributed by atoms with E-state index in [9.17, 15) is 19.2 Å². The molecule has 0 aliphatic carbocycles. The third-order valence-corrected chi connectivity index (χ3v) is 8.98. The van der Waals surface area contributed by atoms with Gasteiger partial charge in [-0.1, -0.05) is 71.9 Å². The molecule has 2 aliphatic rings. The Kier molecular flexibility index (Phi) is 8.82. The zero-order valence-electron chi connectivity index (χ0n) is 24.8. The molecule has 5 amide bonds. The summed E-state index contributed by atoms with van der Waals surface area (Å²) < 4.78 is 0.912. The molecule has 12 nitrogen and oxygen atoms in total. The SMILES string of the molecule is C#CCN(C(=O)NCc1ccccc1)N1CC(=O)N2[C@@H](Cc3ccc(NC=O)cc3)C(=O)N(Cc3cccc4sc(N)nc34)C[C@@H]21. The van der Waals surface area contributed by atoms with Gasteiger partial charge in [-0.3, -0.25) is 14.4 Å². The van der Waals surface area contributed by atoms with Crippen molar-refractivity contribution in [3.05, 3.63) is 89.5 Å². The lowest BCUT2D eigenvalue weighted by molar-refractivity contribution is -0.157. The third-order valence-electron chi connectivity index (χ3n) is 8.13. The summed E-state index contributed by atoms with van der Waals surface area (Å²) in [4.78, 5) is 60.1. The second-order valence-corrected chi connectivity index (χ2v) is 12.1. The fourth-order valence-corrected chi connectivity index (χ4v) is 6.79. The molecule has 46 heavy (non-hydrogen) atoms. The van der Waals surface area contributed by atoms with Crippen molar-refractivity contribution in [1.29, 1.82) is 0 Å². The van der Waals surface area contributed by atoms with Crippen LogP contribution in [0.5, 0.6) is 0 Å². The van der Waals surface area contributed by atoms with Crippen LogP contribution in [0.4, 0.5) is 15.6 Å². The zero-order chi connectivity index (χ0) is 32.2. The monoisotopic (exact) mass is 636 g/mol. The highest BCUT2D eigenvalue weighted by molar-refractivity contribution is 7.22. The number of urea groups is 1. The molecular weight excluding hydrogens is 604 g/mol. The number of carbonyl (C=O) groups excluding carboxylic acids is 4. The number of aromatic nitrogens is 1. The Bertz CT molecular complexity index is 1810. The number of benzene rings is 3. The molecule has 1 aromatic heterocycles. The third kappa shape index (κ3) is 6.21. The maximum Gasteiger partial charge on any atom is 0.333 e. The van der Waals surface area contributed by atoms with E-state index < -0.39 is 18.2 Å². The maximum atomic E-state index is 14.2. The number of thiazole rings is 1. The molecule has 2 saturated heterocycles. The summed E-state index contributed by atoms with van der Waals surface area (Å²) in [5.41, 5.74) is 9.88. The quantitative estimate of drug-likeness (QED) is 0.179. The van der Waals surface area contributed by atoms with E-state index in [1.54, 1.807) is 26.9 Å². The number of piperazine rings is 1. The highest BCUT2D eigenvalue weighted by Crippen LogP contribution is 2.32. The van der Waals surface area contributed by atoms with E-state index in [1.165, 1.54) is 16.3 Å². The first-order valence-electron chi connectivity index (χ1n) is 14.7. The van der Waals surface area contributed by atoms with Crippen molar-refractivity contribution in [3.8, 4) is 12.3 Å². The first-order valence-corrected chi connectivity index (χ1v) is 15.5. The lowest BCUT2D eigenvalue weighted by Crippen LogP contribution is -2.66. The molecule has 2 fully saturated rings. The predicted octanol–water partition coefficient (Wildman–Crippen LogP) is 2.63. The van der Waals surface area contributed by atoms with Crippen molar-refractivity contribution in [1.82, 2.24) is 30.1 Å². The van der Waals surface area contributed by atoms with E-state index in [2.05, 4.69) is 21.5 Å². The second-order valence-electron chi connectivity index (χ2n) is 11.0. The van der Waals surface area contributed by atoms with Crippen molar-refractivity contribution in [2.45, 2.75) is 31.7 Å².